The van der Waals surface area contributed by atoms with Crippen molar-refractivity contribution in [3.63, 3.8) is 0 Å². The molecule has 34 heavy (non-hydrogen) atoms. The molecule has 0 aromatic heterocycles. The van der Waals surface area contributed by atoms with Gasteiger partial charge >= 0.3 is 0 Å². The van der Waals surface area contributed by atoms with E-state index >= 15 is 0 Å². The molecule has 0 spiro atoms. The zero-order chi connectivity index (χ0) is 24.1. The molecule has 1 heterocycles. The molecular formula is C25H18BrFN2O4S. The monoisotopic (exact) mass is 540 g/mol. The lowest BCUT2D eigenvalue weighted by molar-refractivity contribution is -0.127. The smallest absolute Gasteiger partial charge is 0.294 e. The van der Waals surface area contributed by atoms with E-state index in [1.165, 1.54) is 18.2 Å². The third-order valence-corrected chi connectivity index (χ3v) is 6.22. The van der Waals surface area contributed by atoms with Crippen molar-refractivity contribution >= 4 is 56.5 Å². The minimum atomic E-state index is -0.596. The number of rotatable bonds is 7. The fraction of sp³-hybridized carbons (Fsp3) is 0.0800. The first-order valence-electron chi connectivity index (χ1n) is 10.2. The fourth-order valence-electron chi connectivity index (χ4n) is 3.11. The molecule has 0 atom stereocenters. The molecule has 0 radical (unpaired) electrons. The minimum Gasteiger partial charge on any atom is -0.489 e. The molecule has 1 N–H and O–H groups in total. The summed E-state index contributed by atoms with van der Waals surface area (Å²) in [6.07, 6.45) is 1.59. The van der Waals surface area contributed by atoms with Crippen molar-refractivity contribution in [2.24, 2.45) is 0 Å². The molecule has 6 nitrogen and oxygen atoms in total. The maximum atomic E-state index is 13.3. The van der Waals surface area contributed by atoms with E-state index in [0.717, 1.165) is 32.8 Å². The number of thioether (sulfide) groups is 1. The number of carbonyl (C=O) groups is 3. The van der Waals surface area contributed by atoms with Gasteiger partial charge in [-0.25, -0.2) is 4.39 Å². The lowest BCUT2D eigenvalue weighted by Gasteiger charge is -2.12. The second-order valence-corrected chi connectivity index (χ2v) is 9.22. The van der Waals surface area contributed by atoms with Gasteiger partial charge in [-0.05, 0) is 71.4 Å². The summed E-state index contributed by atoms with van der Waals surface area (Å²) in [5.74, 6) is -0.986. The van der Waals surface area contributed by atoms with Crippen LogP contribution in [0.15, 0.2) is 82.2 Å². The zero-order valence-electron chi connectivity index (χ0n) is 17.7. The molecule has 1 aliphatic heterocycles. The van der Waals surface area contributed by atoms with Gasteiger partial charge in [-0.3, -0.25) is 19.3 Å². The van der Waals surface area contributed by atoms with Gasteiger partial charge in [0.15, 0.2) is 0 Å². The van der Waals surface area contributed by atoms with E-state index in [1.54, 1.807) is 30.3 Å². The molecule has 3 aromatic rings. The number of hydrogen-bond donors (Lipinski definition) is 1. The predicted molar refractivity (Wildman–Crippen MR) is 133 cm³/mol. The Balaban J connectivity index is 1.35. The number of hydrogen-bond acceptors (Lipinski definition) is 5. The summed E-state index contributed by atoms with van der Waals surface area (Å²) in [5.41, 5.74) is 1.99. The van der Waals surface area contributed by atoms with Crippen LogP contribution in [0, 0.1) is 5.82 Å². The van der Waals surface area contributed by atoms with Crippen molar-refractivity contribution in [3.8, 4) is 5.75 Å². The molecule has 0 aliphatic carbocycles. The average molecular weight is 541 g/mol. The average Bonchev–Trinajstić information content (AvgIpc) is 3.07. The standard InChI is InChI=1S/C25H18BrFN2O4S/c26-18-8-4-17(5-9-18)15-33-21-10-6-16(7-11-21)12-22-24(31)29(25(32)34-22)14-23(30)28-20-3-1-2-19(27)13-20/h1-13H,14-15H2,(H,28,30)/b22-12+. The van der Waals surface area contributed by atoms with Gasteiger partial charge < -0.3 is 10.1 Å². The Labute approximate surface area is 207 Å². The van der Waals surface area contributed by atoms with Crippen LogP contribution in [0.25, 0.3) is 6.08 Å². The van der Waals surface area contributed by atoms with Crippen molar-refractivity contribution in [1.29, 1.82) is 0 Å². The maximum absolute atomic E-state index is 13.3. The van der Waals surface area contributed by atoms with Gasteiger partial charge in [-0.2, -0.15) is 0 Å². The molecule has 3 amide bonds. The Bertz CT molecular complexity index is 1260. The Hall–Kier alpha value is -3.43. The molecule has 1 aliphatic rings. The van der Waals surface area contributed by atoms with Gasteiger partial charge in [0.2, 0.25) is 5.91 Å². The van der Waals surface area contributed by atoms with Crippen molar-refractivity contribution in [2.45, 2.75) is 6.61 Å². The van der Waals surface area contributed by atoms with E-state index in [4.69, 9.17) is 4.74 Å². The first kappa shape index (κ1) is 23.7. The van der Waals surface area contributed by atoms with Gasteiger partial charge in [0.1, 0.15) is 24.7 Å². The van der Waals surface area contributed by atoms with E-state index < -0.39 is 29.4 Å². The van der Waals surface area contributed by atoms with Crippen molar-refractivity contribution in [2.75, 3.05) is 11.9 Å². The first-order valence-corrected chi connectivity index (χ1v) is 11.8. The first-order chi connectivity index (χ1) is 16.4. The second-order valence-electron chi connectivity index (χ2n) is 7.31. The number of amides is 3. The zero-order valence-corrected chi connectivity index (χ0v) is 20.1. The highest BCUT2D eigenvalue weighted by Gasteiger charge is 2.36. The topological polar surface area (TPSA) is 75.7 Å². The number of benzene rings is 3. The molecule has 172 valence electrons. The lowest BCUT2D eigenvalue weighted by atomic mass is 10.2. The van der Waals surface area contributed by atoms with Crippen LogP contribution in [-0.4, -0.2) is 28.5 Å². The van der Waals surface area contributed by atoms with E-state index in [9.17, 15) is 18.8 Å². The molecule has 4 rings (SSSR count). The second kappa shape index (κ2) is 10.7. The molecule has 9 heteroatoms. The highest BCUT2D eigenvalue weighted by atomic mass is 79.9. The summed E-state index contributed by atoms with van der Waals surface area (Å²) in [6.45, 7) is -0.0371. The lowest BCUT2D eigenvalue weighted by Crippen LogP contribution is -2.36. The number of imide groups is 1. The summed E-state index contributed by atoms with van der Waals surface area (Å²) in [5, 5.41) is 1.94. The third kappa shape index (κ3) is 6.12. The normalized spacial score (nSPS) is 14.5. The SMILES string of the molecule is O=C(CN1C(=O)S/C(=C/c2ccc(OCc3ccc(Br)cc3)cc2)C1=O)Nc1cccc(F)c1. The van der Waals surface area contributed by atoms with E-state index in [0.29, 0.717) is 17.9 Å². The Morgan fingerprint density at radius 3 is 2.50 bits per heavy atom. The number of carbonyl (C=O) groups excluding carboxylic acids is 3. The summed E-state index contributed by atoms with van der Waals surface area (Å²) in [4.78, 5) is 38.3. The number of ether oxygens (including phenoxy) is 1. The van der Waals surface area contributed by atoms with Crippen LogP contribution in [0.4, 0.5) is 14.9 Å². The predicted octanol–water partition coefficient (Wildman–Crippen LogP) is 5.84. The summed E-state index contributed by atoms with van der Waals surface area (Å²) >= 11 is 4.16. The molecular weight excluding hydrogens is 523 g/mol. The number of anilines is 1. The highest BCUT2D eigenvalue weighted by Crippen LogP contribution is 2.32. The van der Waals surface area contributed by atoms with Crippen LogP contribution in [0.5, 0.6) is 5.75 Å². The van der Waals surface area contributed by atoms with E-state index in [2.05, 4.69) is 21.2 Å². The highest BCUT2D eigenvalue weighted by molar-refractivity contribution is 9.10. The van der Waals surface area contributed by atoms with Crippen LogP contribution >= 0.6 is 27.7 Å². The van der Waals surface area contributed by atoms with Crippen LogP contribution in [0.3, 0.4) is 0 Å². The van der Waals surface area contributed by atoms with Gasteiger partial charge in [0.05, 0.1) is 4.91 Å². The Morgan fingerprint density at radius 2 is 1.79 bits per heavy atom. The number of nitrogens with one attached hydrogen (secondary N) is 1. The fourth-order valence-corrected chi connectivity index (χ4v) is 4.21. The van der Waals surface area contributed by atoms with Gasteiger partial charge in [0.25, 0.3) is 11.1 Å². The van der Waals surface area contributed by atoms with Gasteiger partial charge in [0, 0.05) is 10.2 Å². The van der Waals surface area contributed by atoms with Crippen molar-refractivity contribution < 1.29 is 23.5 Å². The minimum absolute atomic E-state index is 0.215. The molecule has 1 fully saturated rings. The molecule has 3 aromatic carbocycles. The summed E-state index contributed by atoms with van der Waals surface area (Å²) in [6, 6.07) is 20.3. The quantitative estimate of drug-likeness (QED) is 0.381. The van der Waals surface area contributed by atoms with E-state index in [-0.39, 0.29) is 10.6 Å². The van der Waals surface area contributed by atoms with Crippen molar-refractivity contribution in [1.82, 2.24) is 4.90 Å². The molecule has 0 unspecified atom stereocenters. The summed E-state index contributed by atoms with van der Waals surface area (Å²) in [7, 11) is 0. The van der Waals surface area contributed by atoms with Crippen molar-refractivity contribution in [3.05, 3.63) is 99.1 Å². The molecule has 0 saturated carbocycles. The van der Waals surface area contributed by atoms with Crippen LogP contribution < -0.4 is 10.1 Å². The van der Waals surface area contributed by atoms with Crippen LogP contribution in [-0.2, 0) is 16.2 Å². The number of nitrogens with zero attached hydrogens (tertiary/aromatic N) is 1. The third-order valence-electron chi connectivity index (χ3n) is 4.78. The van der Waals surface area contributed by atoms with Gasteiger partial charge in [-0.15, -0.1) is 0 Å². The largest absolute Gasteiger partial charge is 0.489 e. The van der Waals surface area contributed by atoms with Crippen LogP contribution in [0.2, 0.25) is 0 Å². The number of halogens is 2. The van der Waals surface area contributed by atoms with E-state index in [1.807, 2.05) is 24.3 Å². The van der Waals surface area contributed by atoms with Crippen LogP contribution in [0.1, 0.15) is 11.1 Å². The van der Waals surface area contributed by atoms with Gasteiger partial charge in [-0.1, -0.05) is 46.3 Å². The maximum Gasteiger partial charge on any atom is 0.294 e. The Kier molecular flexibility index (Phi) is 7.44. The molecule has 0 bridgehead atoms. The molecule has 1 saturated heterocycles. The Morgan fingerprint density at radius 1 is 1.06 bits per heavy atom. The summed E-state index contributed by atoms with van der Waals surface area (Å²) < 4.78 is 20.0.